The number of amides is 1. The van der Waals surface area contributed by atoms with Crippen LogP contribution in [0.3, 0.4) is 0 Å². The topological polar surface area (TPSA) is 35.6 Å². The van der Waals surface area contributed by atoms with Gasteiger partial charge in [-0.25, -0.2) is 0 Å². The quantitative estimate of drug-likeness (QED) is 0.554. The van der Waals surface area contributed by atoms with E-state index in [9.17, 15) is 4.79 Å². The molecule has 4 rings (SSSR count). The molecule has 3 aromatic rings. The van der Waals surface area contributed by atoms with Crippen molar-refractivity contribution in [1.29, 1.82) is 0 Å². The van der Waals surface area contributed by atoms with Crippen LogP contribution in [-0.4, -0.2) is 50.1 Å². The Morgan fingerprint density at radius 1 is 0.903 bits per heavy atom. The van der Waals surface area contributed by atoms with Crippen molar-refractivity contribution < 1.29 is 4.79 Å². The van der Waals surface area contributed by atoms with Gasteiger partial charge in [0.05, 0.1) is 6.42 Å². The smallest absolute Gasteiger partial charge is 0.224 e. The van der Waals surface area contributed by atoms with Crippen LogP contribution in [0.15, 0.2) is 66.7 Å². The van der Waals surface area contributed by atoms with Crippen molar-refractivity contribution >= 4 is 22.4 Å². The average Bonchev–Trinajstić information content (AvgIpc) is 2.79. The molecule has 1 fully saturated rings. The third-order valence-electron chi connectivity index (χ3n) is 6.19. The van der Waals surface area contributed by atoms with Crippen molar-refractivity contribution in [3.05, 3.63) is 77.9 Å². The summed E-state index contributed by atoms with van der Waals surface area (Å²) >= 11 is 0. The number of carbonyl (C=O) groups excluding carboxylic acids is 1. The number of anilines is 1. The number of aryl methyl sites for hydroxylation is 1. The molecular formula is C27H33N3O. The molecular weight excluding hydrogens is 382 g/mol. The van der Waals surface area contributed by atoms with Gasteiger partial charge in [0, 0.05) is 38.4 Å². The molecule has 4 nitrogen and oxygen atoms in total. The van der Waals surface area contributed by atoms with Crippen LogP contribution >= 0.6 is 0 Å². The normalized spacial score (nSPS) is 14.7. The minimum absolute atomic E-state index is 0.114. The highest BCUT2D eigenvalue weighted by molar-refractivity contribution is 5.90. The van der Waals surface area contributed by atoms with Crippen molar-refractivity contribution in [2.45, 2.75) is 26.2 Å². The van der Waals surface area contributed by atoms with Crippen LogP contribution in [-0.2, 0) is 11.2 Å². The Bertz CT molecular complexity index is 1000. The fourth-order valence-electron chi connectivity index (χ4n) is 4.42. The van der Waals surface area contributed by atoms with Crippen LogP contribution < -0.4 is 10.2 Å². The van der Waals surface area contributed by atoms with Gasteiger partial charge in [-0.15, -0.1) is 0 Å². The first-order valence-corrected chi connectivity index (χ1v) is 11.5. The zero-order valence-electron chi connectivity index (χ0n) is 18.5. The maximum absolute atomic E-state index is 12.4. The van der Waals surface area contributed by atoms with Crippen LogP contribution in [0.5, 0.6) is 0 Å². The Kier molecular flexibility index (Phi) is 7.21. The Labute approximate surface area is 185 Å². The molecule has 0 aliphatic carbocycles. The number of hydrogen-bond donors (Lipinski definition) is 1. The molecule has 1 heterocycles. The number of piperazine rings is 1. The Morgan fingerprint density at radius 3 is 2.52 bits per heavy atom. The lowest BCUT2D eigenvalue weighted by atomic mass is 10.0. The van der Waals surface area contributed by atoms with Crippen LogP contribution in [0.4, 0.5) is 5.69 Å². The van der Waals surface area contributed by atoms with E-state index < -0.39 is 0 Å². The second kappa shape index (κ2) is 10.5. The highest BCUT2D eigenvalue weighted by Gasteiger charge is 2.16. The largest absolute Gasteiger partial charge is 0.369 e. The van der Waals surface area contributed by atoms with E-state index in [0.29, 0.717) is 6.42 Å². The Balaban J connectivity index is 1.13. The highest BCUT2D eigenvalue weighted by Crippen LogP contribution is 2.19. The maximum Gasteiger partial charge on any atom is 0.224 e. The standard InChI is InChI=1S/C27H33N3O/c1-22-8-6-12-25(20-22)30-18-16-29(17-19-30)15-5-4-14-28-27(31)21-24-11-7-10-23-9-2-3-13-26(23)24/h2-3,6-13,20H,4-5,14-19,21H2,1H3,(H,28,31). The van der Waals surface area contributed by atoms with Crippen LogP contribution in [0.1, 0.15) is 24.0 Å². The number of benzene rings is 3. The van der Waals surface area contributed by atoms with Crippen LogP contribution in [0, 0.1) is 6.92 Å². The maximum atomic E-state index is 12.4. The highest BCUT2D eigenvalue weighted by atomic mass is 16.1. The fourth-order valence-corrected chi connectivity index (χ4v) is 4.42. The van der Waals surface area contributed by atoms with Gasteiger partial charge in [0.15, 0.2) is 0 Å². The number of hydrogen-bond acceptors (Lipinski definition) is 3. The van der Waals surface area contributed by atoms with Crippen molar-refractivity contribution in [2.75, 3.05) is 44.2 Å². The molecule has 31 heavy (non-hydrogen) atoms. The van der Waals surface area contributed by atoms with Crippen molar-refractivity contribution in [3.8, 4) is 0 Å². The Morgan fingerprint density at radius 2 is 1.68 bits per heavy atom. The number of carbonyl (C=O) groups is 1. The Hall–Kier alpha value is -2.85. The molecule has 3 aromatic carbocycles. The lowest BCUT2D eigenvalue weighted by Crippen LogP contribution is -2.46. The van der Waals surface area contributed by atoms with Gasteiger partial charge in [0.2, 0.25) is 5.91 Å². The van der Waals surface area contributed by atoms with Crippen molar-refractivity contribution in [1.82, 2.24) is 10.2 Å². The third-order valence-corrected chi connectivity index (χ3v) is 6.19. The molecule has 0 spiro atoms. The van der Waals surface area contributed by atoms with Gasteiger partial charge in [-0.1, -0.05) is 54.6 Å². The van der Waals surface area contributed by atoms with E-state index >= 15 is 0 Å². The van der Waals surface area contributed by atoms with E-state index in [2.05, 4.69) is 70.6 Å². The number of nitrogens with zero attached hydrogens (tertiary/aromatic N) is 2. The summed E-state index contributed by atoms with van der Waals surface area (Å²) in [7, 11) is 0. The van der Waals surface area contributed by atoms with Crippen LogP contribution in [0.2, 0.25) is 0 Å². The van der Waals surface area contributed by atoms with Gasteiger partial charge >= 0.3 is 0 Å². The molecule has 0 radical (unpaired) electrons. The molecule has 0 aromatic heterocycles. The first kappa shape index (κ1) is 21.4. The number of unbranched alkanes of at least 4 members (excludes halogenated alkanes) is 1. The minimum atomic E-state index is 0.114. The van der Waals surface area contributed by atoms with Gasteiger partial charge in [-0.2, -0.15) is 0 Å². The lowest BCUT2D eigenvalue weighted by Gasteiger charge is -2.36. The molecule has 1 amide bonds. The predicted octanol–water partition coefficient (Wildman–Crippen LogP) is 4.41. The summed E-state index contributed by atoms with van der Waals surface area (Å²) < 4.78 is 0. The summed E-state index contributed by atoms with van der Waals surface area (Å²) in [6, 6.07) is 23.2. The SMILES string of the molecule is Cc1cccc(N2CCN(CCCCNC(=O)Cc3cccc4ccccc34)CC2)c1. The van der Waals surface area contributed by atoms with Gasteiger partial charge < -0.3 is 10.2 Å². The van der Waals surface area contributed by atoms with Gasteiger partial charge in [-0.3, -0.25) is 9.69 Å². The molecule has 162 valence electrons. The van der Waals surface area contributed by atoms with E-state index in [1.165, 1.54) is 22.0 Å². The molecule has 1 aliphatic heterocycles. The second-order valence-electron chi connectivity index (χ2n) is 8.54. The zero-order chi connectivity index (χ0) is 21.5. The summed E-state index contributed by atoms with van der Waals surface area (Å²) in [5, 5.41) is 5.46. The summed E-state index contributed by atoms with van der Waals surface area (Å²) in [4.78, 5) is 17.4. The number of nitrogens with one attached hydrogen (secondary N) is 1. The summed E-state index contributed by atoms with van der Waals surface area (Å²) in [5.41, 5.74) is 3.76. The molecule has 0 saturated carbocycles. The van der Waals surface area contributed by atoms with Crippen LogP contribution in [0.25, 0.3) is 10.8 Å². The monoisotopic (exact) mass is 415 g/mol. The average molecular weight is 416 g/mol. The number of fused-ring (bicyclic) bond motifs is 1. The van der Waals surface area contributed by atoms with E-state index in [1.807, 2.05) is 18.2 Å². The van der Waals surface area contributed by atoms with Gasteiger partial charge in [-0.05, 0) is 60.3 Å². The molecule has 1 N–H and O–H groups in total. The van der Waals surface area contributed by atoms with E-state index in [-0.39, 0.29) is 5.91 Å². The first-order valence-electron chi connectivity index (χ1n) is 11.5. The zero-order valence-corrected chi connectivity index (χ0v) is 18.5. The molecule has 0 unspecified atom stereocenters. The van der Waals surface area contributed by atoms with E-state index in [4.69, 9.17) is 0 Å². The van der Waals surface area contributed by atoms with E-state index in [1.54, 1.807) is 0 Å². The molecule has 0 atom stereocenters. The third kappa shape index (κ3) is 5.86. The molecule has 1 saturated heterocycles. The van der Waals surface area contributed by atoms with E-state index in [0.717, 1.165) is 57.7 Å². The summed E-state index contributed by atoms with van der Waals surface area (Å²) in [5.74, 6) is 0.114. The predicted molar refractivity (Wildman–Crippen MR) is 130 cm³/mol. The summed E-state index contributed by atoms with van der Waals surface area (Å²) in [6.45, 7) is 8.42. The van der Waals surface area contributed by atoms with Gasteiger partial charge in [0.1, 0.15) is 0 Å². The number of rotatable bonds is 8. The van der Waals surface area contributed by atoms with Gasteiger partial charge in [0.25, 0.3) is 0 Å². The fraction of sp³-hybridized carbons (Fsp3) is 0.370. The second-order valence-corrected chi connectivity index (χ2v) is 8.54. The van der Waals surface area contributed by atoms with Crippen molar-refractivity contribution in [3.63, 3.8) is 0 Å². The molecule has 1 aliphatic rings. The lowest BCUT2D eigenvalue weighted by molar-refractivity contribution is -0.120. The molecule has 0 bridgehead atoms. The van der Waals surface area contributed by atoms with Crippen molar-refractivity contribution in [2.24, 2.45) is 0 Å². The molecule has 4 heteroatoms. The first-order chi connectivity index (χ1) is 15.2. The summed E-state index contributed by atoms with van der Waals surface area (Å²) in [6.07, 6.45) is 2.60. The minimum Gasteiger partial charge on any atom is -0.369 e.